The van der Waals surface area contributed by atoms with Gasteiger partial charge >= 0.3 is 0 Å². The van der Waals surface area contributed by atoms with Gasteiger partial charge in [-0.15, -0.1) is 0 Å². The van der Waals surface area contributed by atoms with Gasteiger partial charge in [0.2, 0.25) is 0 Å². The van der Waals surface area contributed by atoms with E-state index >= 15 is 0 Å². The van der Waals surface area contributed by atoms with E-state index in [9.17, 15) is 10.1 Å². The molecule has 0 fully saturated rings. The van der Waals surface area contributed by atoms with Crippen molar-refractivity contribution >= 4 is 57.4 Å². The van der Waals surface area contributed by atoms with Gasteiger partial charge < -0.3 is 10.2 Å². The summed E-state index contributed by atoms with van der Waals surface area (Å²) in [4.78, 5) is 19.4. The van der Waals surface area contributed by atoms with Crippen molar-refractivity contribution < 1.29 is 4.79 Å². The Bertz CT molecular complexity index is 1290. The summed E-state index contributed by atoms with van der Waals surface area (Å²) in [5.41, 5.74) is 4.69. The Kier molecular flexibility index (Phi) is 7.79. The molecule has 3 aromatic carbocycles. The van der Waals surface area contributed by atoms with Crippen LogP contribution in [0.5, 0.6) is 0 Å². The molecular formula is C26H22Cl2N4OS. The number of amides is 1. The first-order chi connectivity index (χ1) is 16.5. The van der Waals surface area contributed by atoms with E-state index in [-0.39, 0.29) is 5.91 Å². The largest absolute Gasteiger partial charge is 0.367 e. The van der Waals surface area contributed by atoms with E-state index in [0.717, 1.165) is 36.2 Å². The lowest BCUT2D eigenvalue weighted by atomic mass is 9.95. The molecule has 1 N–H and O–H groups in total. The highest BCUT2D eigenvalue weighted by molar-refractivity contribution is 8.13. The van der Waals surface area contributed by atoms with Crippen LogP contribution in [-0.2, 0) is 13.0 Å². The summed E-state index contributed by atoms with van der Waals surface area (Å²) in [5, 5.41) is 14.3. The molecule has 0 aliphatic carbocycles. The predicted octanol–water partition coefficient (Wildman–Crippen LogP) is 6.60. The Morgan fingerprint density at radius 1 is 1.15 bits per heavy atom. The van der Waals surface area contributed by atoms with Crippen molar-refractivity contribution in [1.82, 2.24) is 5.32 Å². The highest BCUT2D eigenvalue weighted by Crippen LogP contribution is 2.36. The zero-order valence-corrected chi connectivity index (χ0v) is 20.8. The molecule has 34 heavy (non-hydrogen) atoms. The third kappa shape index (κ3) is 5.39. The summed E-state index contributed by atoms with van der Waals surface area (Å²) in [6.07, 6.45) is 3.56. The normalized spacial score (nSPS) is 13.2. The van der Waals surface area contributed by atoms with Gasteiger partial charge in [0.25, 0.3) is 5.91 Å². The van der Waals surface area contributed by atoms with Crippen molar-refractivity contribution in [3.63, 3.8) is 0 Å². The van der Waals surface area contributed by atoms with E-state index in [4.69, 9.17) is 23.2 Å². The number of carbonyl (C=O) groups excluding carboxylic acids is 1. The number of hydrogen-bond donors (Lipinski definition) is 1. The molecule has 1 amide bonds. The first-order valence-electron chi connectivity index (χ1n) is 10.7. The summed E-state index contributed by atoms with van der Waals surface area (Å²) < 4.78 is 0. The third-order valence-corrected chi connectivity index (χ3v) is 6.92. The second-order valence-electron chi connectivity index (χ2n) is 7.78. The van der Waals surface area contributed by atoms with Crippen molar-refractivity contribution in [2.75, 3.05) is 17.7 Å². The molecule has 4 rings (SSSR count). The van der Waals surface area contributed by atoms with Gasteiger partial charge in [0, 0.05) is 24.3 Å². The summed E-state index contributed by atoms with van der Waals surface area (Å²) in [7, 11) is 0. The van der Waals surface area contributed by atoms with Crippen LogP contribution in [0.15, 0.2) is 65.7 Å². The molecule has 8 heteroatoms. The van der Waals surface area contributed by atoms with Gasteiger partial charge in [0.1, 0.15) is 6.07 Å². The first kappa shape index (κ1) is 24.2. The van der Waals surface area contributed by atoms with Crippen molar-refractivity contribution in [2.24, 2.45) is 4.99 Å². The number of thioether (sulfide) groups is 1. The van der Waals surface area contributed by atoms with Crippen LogP contribution in [0.4, 0.5) is 11.4 Å². The average molecular weight is 509 g/mol. The van der Waals surface area contributed by atoms with Gasteiger partial charge in [0.15, 0.2) is 5.17 Å². The topological polar surface area (TPSA) is 68.5 Å². The number of benzene rings is 3. The van der Waals surface area contributed by atoms with Crippen LogP contribution in [0, 0.1) is 11.3 Å². The standard InChI is InChI=1S/C26H22Cl2N4OS/c1-34-26(31-25(33)18-6-3-2-4-7-18)30-23-11-12-24-19(20(23)15-29)8-5-13-32(24)16-17-9-10-21(27)22(28)14-17/h2-4,6-7,9-12,14H,5,8,13,16H2,1H3,(H,30,31,33). The fraction of sp³-hybridized carbons (Fsp3) is 0.192. The molecular weight excluding hydrogens is 487 g/mol. The fourth-order valence-corrected chi connectivity index (χ4v) is 4.68. The van der Waals surface area contributed by atoms with Gasteiger partial charge in [-0.3, -0.25) is 4.79 Å². The van der Waals surface area contributed by atoms with Crippen molar-refractivity contribution in [3.8, 4) is 6.07 Å². The summed E-state index contributed by atoms with van der Waals surface area (Å²) >= 11 is 13.6. The van der Waals surface area contributed by atoms with Crippen molar-refractivity contribution in [1.29, 1.82) is 5.26 Å². The van der Waals surface area contributed by atoms with E-state index in [1.807, 2.05) is 48.7 Å². The molecule has 0 saturated heterocycles. The Balaban J connectivity index is 1.62. The molecule has 3 aromatic rings. The number of anilines is 1. The summed E-state index contributed by atoms with van der Waals surface area (Å²) in [5.74, 6) is -0.238. The second kappa shape index (κ2) is 11.0. The van der Waals surface area contributed by atoms with Crippen LogP contribution in [0.25, 0.3) is 0 Å². The SMILES string of the molecule is CSC(=Nc1ccc2c(c1C#N)CCCN2Cc1ccc(Cl)c(Cl)c1)NC(=O)c1ccccc1. The minimum Gasteiger partial charge on any atom is -0.367 e. The molecule has 172 valence electrons. The summed E-state index contributed by atoms with van der Waals surface area (Å²) in [6.45, 7) is 1.55. The first-order valence-corrected chi connectivity index (χ1v) is 12.7. The Morgan fingerprint density at radius 2 is 1.94 bits per heavy atom. The predicted molar refractivity (Wildman–Crippen MR) is 142 cm³/mol. The number of rotatable bonds is 4. The molecule has 1 heterocycles. The van der Waals surface area contributed by atoms with Crippen molar-refractivity contribution in [3.05, 3.63) is 93.0 Å². The van der Waals surface area contributed by atoms with E-state index in [1.165, 1.54) is 11.8 Å². The van der Waals surface area contributed by atoms with Gasteiger partial charge in [-0.2, -0.15) is 5.26 Å². The lowest BCUT2D eigenvalue weighted by Crippen LogP contribution is -2.29. The Morgan fingerprint density at radius 3 is 2.65 bits per heavy atom. The molecule has 5 nitrogen and oxygen atoms in total. The maximum absolute atomic E-state index is 12.6. The minimum atomic E-state index is -0.238. The molecule has 0 atom stereocenters. The van der Waals surface area contributed by atoms with E-state index in [0.29, 0.717) is 38.6 Å². The highest BCUT2D eigenvalue weighted by atomic mass is 35.5. The molecule has 0 radical (unpaired) electrons. The molecule has 0 spiro atoms. The number of nitrogens with one attached hydrogen (secondary N) is 1. The van der Waals surface area contributed by atoms with Crippen LogP contribution in [0.2, 0.25) is 10.0 Å². The molecule has 0 unspecified atom stereocenters. The maximum Gasteiger partial charge on any atom is 0.257 e. The smallest absolute Gasteiger partial charge is 0.257 e. The second-order valence-corrected chi connectivity index (χ2v) is 9.39. The van der Waals surface area contributed by atoms with Gasteiger partial charge in [-0.25, -0.2) is 4.99 Å². The van der Waals surface area contributed by atoms with Gasteiger partial charge in [0.05, 0.1) is 21.3 Å². The van der Waals surface area contributed by atoms with E-state index in [2.05, 4.69) is 21.3 Å². The Hall–Kier alpha value is -2.98. The molecule has 0 saturated carbocycles. The van der Waals surface area contributed by atoms with Crippen LogP contribution in [0.3, 0.4) is 0 Å². The number of fused-ring (bicyclic) bond motifs is 1. The number of nitriles is 1. The summed E-state index contributed by atoms with van der Waals surface area (Å²) in [6, 6.07) is 20.8. The monoisotopic (exact) mass is 508 g/mol. The van der Waals surface area contributed by atoms with E-state index in [1.54, 1.807) is 18.2 Å². The number of nitrogens with zero attached hydrogens (tertiary/aromatic N) is 3. The van der Waals surface area contributed by atoms with Gasteiger partial charge in [-0.05, 0) is 66.6 Å². The lowest BCUT2D eigenvalue weighted by molar-refractivity contribution is 0.0978. The minimum absolute atomic E-state index is 0.238. The maximum atomic E-state index is 12.6. The zero-order chi connectivity index (χ0) is 24.1. The third-order valence-electron chi connectivity index (χ3n) is 5.60. The van der Waals surface area contributed by atoms with Crippen LogP contribution in [-0.4, -0.2) is 23.9 Å². The van der Waals surface area contributed by atoms with Crippen LogP contribution < -0.4 is 10.2 Å². The molecule has 1 aliphatic rings. The average Bonchev–Trinajstić information content (AvgIpc) is 2.86. The van der Waals surface area contributed by atoms with Crippen LogP contribution >= 0.6 is 35.0 Å². The lowest BCUT2D eigenvalue weighted by Gasteiger charge is -2.32. The van der Waals surface area contributed by atoms with Crippen molar-refractivity contribution in [2.45, 2.75) is 19.4 Å². The van der Waals surface area contributed by atoms with E-state index < -0.39 is 0 Å². The van der Waals surface area contributed by atoms with Crippen LogP contribution in [0.1, 0.15) is 33.5 Å². The number of amidine groups is 1. The quantitative estimate of drug-likeness (QED) is 0.318. The number of aliphatic imine (C=N–C) groups is 1. The molecule has 0 bridgehead atoms. The molecule has 0 aromatic heterocycles. The van der Waals surface area contributed by atoms with Gasteiger partial charge in [-0.1, -0.05) is 59.2 Å². The number of halogens is 2. The molecule has 1 aliphatic heterocycles. The number of carbonyl (C=O) groups is 1. The fourth-order valence-electron chi connectivity index (χ4n) is 3.97. The highest BCUT2D eigenvalue weighted by Gasteiger charge is 2.22. The number of hydrogen-bond acceptors (Lipinski definition) is 5. The Labute approximate surface area is 213 Å². The zero-order valence-electron chi connectivity index (χ0n) is 18.5.